The Kier molecular flexibility index (Phi) is 54.2. The zero-order valence-electron chi connectivity index (χ0n) is 49.3. The van der Waals surface area contributed by atoms with Crippen LogP contribution < -0.4 is 0 Å². The molecule has 0 fully saturated rings. The number of rotatable bonds is 58. The lowest BCUT2D eigenvalue weighted by Gasteiger charge is -2.24. The largest absolute Gasteiger partial charge is 0.472 e. The predicted octanol–water partition coefficient (Wildman–Crippen LogP) is 19.7. The number of unbranched alkanes of at least 4 members (excludes halogenated alkanes) is 36. The van der Waals surface area contributed by atoms with Crippen molar-refractivity contribution in [2.24, 2.45) is 0 Å². The number of nitrogens with zero attached hydrogens (tertiary/aromatic N) is 1. The number of carbonyl (C=O) groups excluding carboxylic acids is 2. The number of phosphoric acid groups is 1. The first-order valence-corrected chi connectivity index (χ1v) is 32.9. The molecule has 0 bridgehead atoms. The molecule has 2 unspecified atom stereocenters. The minimum absolute atomic E-state index is 0.0309. The first kappa shape index (κ1) is 72.0. The Hall–Kier alpha value is -2.03. The molecule has 0 amide bonds. The van der Waals surface area contributed by atoms with E-state index < -0.39 is 26.5 Å². The maximum Gasteiger partial charge on any atom is 0.472 e. The molecule has 434 valence electrons. The molecule has 1 N–H and O–H groups in total. The van der Waals surface area contributed by atoms with Crippen LogP contribution in [0.5, 0.6) is 0 Å². The molecule has 0 heterocycles. The van der Waals surface area contributed by atoms with Crippen LogP contribution in [0.2, 0.25) is 0 Å². The molecule has 0 saturated carbocycles. The minimum Gasteiger partial charge on any atom is -0.462 e. The van der Waals surface area contributed by atoms with Crippen LogP contribution in [0.25, 0.3) is 0 Å². The summed E-state index contributed by atoms with van der Waals surface area (Å²) < 4.78 is 34.6. The second kappa shape index (κ2) is 55.7. The number of phosphoric ester groups is 1. The van der Waals surface area contributed by atoms with Gasteiger partial charge in [-0.1, -0.05) is 255 Å². The van der Waals surface area contributed by atoms with Gasteiger partial charge in [-0.15, -0.1) is 0 Å². The highest BCUT2D eigenvalue weighted by Gasteiger charge is 2.27. The van der Waals surface area contributed by atoms with Crippen molar-refractivity contribution in [1.29, 1.82) is 0 Å². The molecule has 2 atom stereocenters. The standard InChI is InChI=1S/C64H120NO8P/c1-6-8-10-12-14-16-18-20-22-24-26-28-30-32-34-36-38-40-42-44-46-48-50-52-54-56-63(66)70-60-62(61-72-74(68,69)71-59-58-65(3,4)5)73-64(67)57-55-53-51-49-47-45-43-41-39-37-35-33-31-29-27-25-23-21-19-17-15-13-11-9-7-2/h19,21,24-27,31,33,62H,6-18,20,22-23,28-30,32,34-61H2,1-5H3/p+1/b21-19-,26-24-,27-25-,33-31-. The van der Waals surface area contributed by atoms with Crippen molar-refractivity contribution in [3.63, 3.8) is 0 Å². The van der Waals surface area contributed by atoms with Gasteiger partial charge in [-0.2, -0.15) is 0 Å². The van der Waals surface area contributed by atoms with Crippen molar-refractivity contribution in [3.05, 3.63) is 48.6 Å². The van der Waals surface area contributed by atoms with Gasteiger partial charge in [0.1, 0.15) is 19.8 Å². The van der Waals surface area contributed by atoms with E-state index in [1.54, 1.807) is 0 Å². The number of hydrogen-bond acceptors (Lipinski definition) is 7. The molecule has 0 aromatic heterocycles. The Bertz CT molecular complexity index is 1390. The molecule has 10 heteroatoms. The van der Waals surface area contributed by atoms with Gasteiger partial charge in [-0.3, -0.25) is 18.6 Å². The van der Waals surface area contributed by atoms with Crippen LogP contribution in [0, 0.1) is 0 Å². The van der Waals surface area contributed by atoms with E-state index >= 15 is 0 Å². The van der Waals surface area contributed by atoms with Crippen LogP contribution in [0.1, 0.15) is 296 Å². The molecule has 0 aliphatic heterocycles. The molecular formula is C64H121NO8P+. The molecule has 0 rings (SSSR count). The van der Waals surface area contributed by atoms with Gasteiger partial charge in [0.05, 0.1) is 27.7 Å². The third-order valence-electron chi connectivity index (χ3n) is 13.8. The van der Waals surface area contributed by atoms with E-state index in [1.165, 1.54) is 212 Å². The van der Waals surface area contributed by atoms with Crippen molar-refractivity contribution in [2.45, 2.75) is 302 Å². The lowest BCUT2D eigenvalue weighted by molar-refractivity contribution is -0.870. The second-order valence-electron chi connectivity index (χ2n) is 22.4. The second-order valence-corrected chi connectivity index (χ2v) is 23.9. The summed E-state index contributed by atoms with van der Waals surface area (Å²) in [6, 6.07) is 0. The maximum absolute atomic E-state index is 12.8. The number of ether oxygens (including phenoxy) is 2. The average Bonchev–Trinajstić information content (AvgIpc) is 3.36. The minimum atomic E-state index is -4.39. The van der Waals surface area contributed by atoms with E-state index in [1.807, 2.05) is 21.1 Å². The van der Waals surface area contributed by atoms with Gasteiger partial charge in [0, 0.05) is 12.8 Å². The predicted molar refractivity (Wildman–Crippen MR) is 317 cm³/mol. The van der Waals surface area contributed by atoms with Crippen LogP contribution in [-0.2, 0) is 32.7 Å². The molecule has 0 aliphatic carbocycles. The molecule has 0 spiro atoms. The van der Waals surface area contributed by atoms with Crippen LogP contribution >= 0.6 is 7.82 Å². The fraction of sp³-hybridized carbons (Fsp3) is 0.844. The van der Waals surface area contributed by atoms with Crippen LogP contribution in [-0.4, -0.2) is 74.9 Å². The Morgan fingerprint density at radius 2 is 0.730 bits per heavy atom. The summed E-state index contributed by atoms with van der Waals surface area (Å²) in [4.78, 5) is 35.8. The zero-order chi connectivity index (χ0) is 54.2. The summed E-state index contributed by atoms with van der Waals surface area (Å²) in [6.45, 7) is 4.46. The first-order chi connectivity index (χ1) is 36.0. The van der Waals surface area contributed by atoms with E-state index in [2.05, 4.69) is 62.5 Å². The smallest absolute Gasteiger partial charge is 0.462 e. The third-order valence-corrected chi connectivity index (χ3v) is 14.8. The fourth-order valence-corrected chi connectivity index (χ4v) is 9.70. The van der Waals surface area contributed by atoms with E-state index in [-0.39, 0.29) is 32.0 Å². The molecule has 74 heavy (non-hydrogen) atoms. The normalized spacial score (nSPS) is 13.5. The van der Waals surface area contributed by atoms with Crippen LogP contribution in [0.3, 0.4) is 0 Å². The Labute approximate surface area is 458 Å². The topological polar surface area (TPSA) is 108 Å². The zero-order valence-corrected chi connectivity index (χ0v) is 50.2. The molecular weight excluding hydrogens is 942 g/mol. The maximum atomic E-state index is 12.8. The number of allylic oxidation sites excluding steroid dienone is 8. The van der Waals surface area contributed by atoms with Crippen LogP contribution in [0.4, 0.5) is 0 Å². The number of hydrogen-bond donors (Lipinski definition) is 1. The highest BCUT2D eigenvalue weighted by molar-refractivity contribution is 7.47. The van der Waals surface area contributed by atoms with Crippen molar-refractivity contribution in [3.8, 4) is 0 Å². The van der Waals surface area contributed by atoms with Crippen molar-refractivity contribution < 1.29 is 42.1 Å². The van der Waals surface area contributed by atoms with Gasteiger partial charge < -0.3 is 18.9 Å². The molecule has 0 aromatic carbocycles. The molecule has 0 aromatic rings. The fourth-order valence-electron chi connectivity index (χ4n) is 8.96. The van der Waals surface area contributed by atoms with Gasteiger partial charge in [-0.05, 0) is 77.0 Å². The van der Waals surface area contributed by atoms with Gasteiger partial charge in [0.25, 0.3) is 0 Å². The first-order valence-electron chi connectivity index (χ1n) is 31.4. The summed E-state index contributed by atoms with van der Waals surface area (Å²) >= 11 is 0. The highest BCUT2D eigenvalue weighted by Crippen LogP contribution is 2.43. The summed E-state index contributed by atoms with van der Waals surface area (Å²) in [5, 5.41) is 0. The Morgan fingerprint density at radius 3 is 1.09 bits per heavy atom. The summed E-state index contributed by atoms with van der Waals surface area (Å²) in [7, 11) is 1.48. The molecule has 9 nitrogen and oxygen atoms in total. The lowest BCUT2D eigenvalue weighted by atomic mass is 10.0. The van der Waals surface area contributed by atoms with Crippen molar-refractivity contribution in [1.82, 2.24) is 0 Å². The summed E-state index contributed by atoms with van der Waals surface area (Å²) in [5.41, 5.74) is 0. The average molecular weight is 1060 g/mol. The van der Waals surface area contributed by atoms with E-state index in [9.17, 15) is 19.0 Å². The highest BCUT2D eigenvalue weighted by atomic mass is 31.2. The Morgan fingerprint density at radius 1 is 0.419 bits per heavy atom. The number of quaternary nitrogens is 1. The lowest BCUT2D eigenvalue weighted by Crippen LogP contribution is -2.37. The monoisotopic (exact) mass is 1060 g/mol. The number of carbonyl (C=O) groups is 2. The van der Waals surface area contributed by atoms with Gasteiger partial charge >= 0.3 is 19.8 Å². The van der Waals surface area contributed by atoms with Crippen LogP contribution in [0.15, 0.2) is 48.6 Å². The summed E-state index contributed by atoms with van der Waals surface area (Å²) in [5.74, 6) is -0.791. The van der Waals surface area contributed by atoms with Gasteiger partial charge in [-0.25, -0.2) is 4.57 Å². The quantitative estimate of drug-likeness (QED) is 0.0211. The molecule has 0 saturated heterocycles. The van der Waals surface area contributed by atoms with E-state index in [0.717, 1.165) is 51.4 Å². The summed E-state index contributed by atoms with van der Waals surface area (Å²) in [6.07, 6.45) is 70.4. The SMILES string of the molecule is CCCCCCC/C=C\C/C=C\C/C=C\CCCCCCCCCCCCC(=O)OC(COC(=O)CCCCCCCCCCCCCCC/C=C\CCCCCCCCCC)COP(=O)(O)OCC[N+](C)(C)C. The molecule has 0 aliphatic rings. The van der Waals surface area contributed by atoms with Crippen molar-refractivity contribution in [2.75, 3.05) is 47.5 Å². The number of likely N-dealkylation sites (N-methyl/N-ethyl adjacent to an activating group) is 1. The van der Waals surface area contributed by atoms with Gasteiger partial charge in [0.2, 0.25) is 0 Å². The Balaban J connectivity index is 4.12. The van der Waals surface area contributed by atoms with Crippen molar-refractivity contribution >= 4 is 19.8 Å². The van der Waals surface area contributed by atoms with Gasteiger partial charge in [0.15, 0.2) is 6.10 Å². The number of esters is 2. The third kappa shape index (κ3) is 59.2. The van der Waals surface area contributed by atoms with E-state index in [0.29, 0.717) is 17.4 Å². The van der Waals surface area contributed by atoms with E-state index in [4.69, 9.17) is 18.5 Å². The molecule has 0 radical (unpaired) electrons.